The number of carboxylic acid groups (broad SMARTS) is 1. The van der Waals surface area contributed by atoms with Crippen molar-refractivity contribution in [3.8, 4) is 17.3 Å². The summed E-state index contributed by atoms with van der Waals surface area (Å²) in [5.74, 6) is 0.211. The second-order valence-electron chi connectivity index (χ2n) is 4.64. The summed E-state index contributed by atoms with van der Waals surface area (Å²) in [6.07, 6.45) is -1.07. The molecule has 2 rings (SSSR count). The van der Waals surface area contributed by atoms with Gasteiger partial charge in [0.2, 0.25) is 0 Å². The maximum absolute atomic E-state index is 11.7. The number of hydrogen-bond donors (Lipinski definition) is 1. The molecule has 0 fully saturated rings. The minimum absolute atomic E-state index is 0.0618. The predicted molar refractivity (Wildman–Crippen MR) is 86.2 cm³/mol. The van der Waals surface area contributed by atoms with E-state index in [0.717, 1.165) is 11.7 Å². The zero-order valence-electron chi connectivity index (χ0n) is 11.5. The van der Waals surface area contributed by atoms with Crippen LogP contribution in [-0.2, 0) is 0 Å². The van der Waals surface area contributed by atoms with Gasteiger partial charge in [-0.15, -0.1) is 4.37 Å². The zero-order chi connectivity index (χ0) is 16.3. The number of rotatable bonds is 4. The van der Waals surface area contributed by atoms with Gasteiger partial charge in [-0.2, -0.15) is 18.9 Å². The van der Waals surface area contributed by atoms with Crippen molar-refractivity contribution in [2.24, 2.45) is 0 Å². The monoisotopic (exact) mass is 357 g/mol. The normalized spacial score (nSPS) is 13.4. The average molecular weight is 358 g/mol. The second kappa shape index (κ2) is 6.58. The van der Waals surface area contributed by atoms with E-state index in [1.165, 1.54) is 7.05 Å². The molecule has 0 aliphatic rings. The minimum atomic E-state index is -1.13. The Morgan fingerprint density at radius 1 is 1.41 bits per heavy atom. The largest absolute Gasteiger partial charge is 0.519 e. The first-order chi connectivity index (χ1) is 10.4. The predicted octanol–water partition coefficient (Wildman–Crippen LogP) is 4.04. The Hall–Kier alpha value is -1.72. The highest BCUT2D eigenvalue weighted by Gasteiger charge is 2.40. The van der Waals surface area contributed by atoms with Crippen molar-refractivity contribution in [1.82, 2.24) is 13.2 Å². The van der Waals surface area contributed by atoms with Gasteiger partial charge in [0.25, 0.3) is 5.82 Å². The van der Waals surface area contributed by atoms with E-state index in [9.17, 15) is 9.90 Å². The van der Waals surface area contributed by atoms with Crippen molar-refractivity contribution in [3.05, 3.63) is 28.2 Å². The first-order valence-corrected chi connectivity index (χ1v) is 7.64. The molecule has 0 spiro atoms. The Morgan fingerprint density at radius 2 is 2.05 bits per heavy atom. The van der Waals surface area contributed by atoms with Gasteiger partial charge in [-0.05, 0) is 12.1 Å². The lowest BCUT2D eigenvalue weighted by Gasteiger charge is -2.24. The van der Waals surface area contributed by atoms with Gasteiger partial charge < -0.3 is 5.11 Å². The van der Waals surface area contributed by atoms with Crippen LogP contribution in [0.3, 0.4) is 0 Å². The summed E-state index contributed by atoms with van der Waals surface area (Å²) in [7, 11) is 1.46. The Kier molecular flexibility index (Phi) is 4.98. The van der Waals surface area contributed by atoms with E-state index in [4.69, 9.17) is 28.5 Å². The lowest BCUT2D eigenvalue weighted by Crippen LogP contribution is -2.51. The molecule has 0 saturated heterocycles. The number of aromatic nitrogens is 2. The van der Waals surface area contributed by atoms with Crippen LogP contribution in [0.2, 0.25) is 10.0 Å². The van der Waals surface area contributed by atoms with Crippen molar-refractivity contribution in [3.63, 3.8) is 0 Å². The van der Waals surface area contributed by atoms with E-state index in [-0.39, 0.29) is 18.8 Å². The van der Waals surface area contributed by atoms with Gasteiger partial charge >= 0.3 is 6.09 Å². The SMILES string of the molecule is C[N+](CCC#N)(C(=O)O)c1nsnc1-c1c(Cl)cccc1Cl. The van der Waals surface area contributed by atoms with E-state index >= 15 is 0 Å². The van der Waals surface area contributed by atoms with Crippen molar-refractivity contribution in [1.29, 1.82) is 5.26 Å². The summed E-state index contributed by atoms with van der Waals surface area (Å²) in [4.78, 5) is 11.7. The Bertz CT molecular complexity index is 738. The molecular weight excluding hydrogens is 347 g/mol. The molecule has 114 valence electrons. The molecule has 1 aromatic heterocycles. The molecule has 0 bridgehead atoms. The summed E-state index contributed by atoms with van der Waals surface area (Å²) in [6, 6.07) is 6.93. The highest BCUT2D eigenvalue weighted by atomic mass is 35.5. The van der Waals surface area contributed by atoms with Gasteiger partial charge in [-0.25, -0.2) is 0 Å². The molecule has 1 aromatic carbocycles. The van der Waals surface area contributed by atoms with E-state index in [0.29, 0.717) is 21.3 Å². The second-order valence-corrected chi connectivity index (χ2v) is 5.98. The minimum Gasteiger partial charge on any atom is -0.435 e. The lowest BCUT2D eigenvalue weighted by atomic mass is 10.1. The lowest BCUT2D eigenvalue weighted by molar-refractivity contribution is 0.156. The fourth-order valence-electron chi connectivity index (χ4n) is 1.96. The van der Waals surface area contributed by atoms with E-state index < -0.39 is 10.6 Å². The van der Waals surface area contributed by atoms with Crippen LogP contribution in [0.5, 0.6) is 0 Å². The standard InChI is InChI=1S/C13H10Cl2N4O2S/c1-19(13(20)21,7-3-6-16)12-11(17-22-18-12)10-8(14)4-2-5-9(10)15/h2,4-5H,3,7H2,1H3/p+1. The molecule has 0 saturated carbocycles. The number of carbonyl (C=O) groups is 1. The van der Waals surface area contributed by atoms with Crippen LogP contribution >= 0.6 is 34.9 Å². The molecule has 1 heterocycles. The molecule has 1 amide bonds. The van der Waals surface area contributed by atoms with Crippen LogP contribution in [0.1, 0.15) is 6.42 Å². The fraction of sp³-hybridized carbons (Fsp3) is 0.231. The molecule has 2 aromatic rings. The molecule has 0 aliphatic carbocycles. The van der Waals surface area contributed by atoms with Gasteiger partial charge in [0.15, 0.2) is 5.69 Å². The summed E-state index contributed by atoms with van der Waals surface area (Å²) >= 11 is 13.2. The van der Waals surface area contributed by atoms with Crippen molar-refractivity contribution in [2.45, 2.75) is 6.42 Å². The first kappa shape index (κ1) is 16.6. The number of amides is 1. The number of halogens is 2. The molecule has 1 atom stereocenters. The summed E-state index contributed by atoms with van der Waals surface area (Å²) in [5.41, 5.74) is 0.764. The van der Waals surface area contributed by atoms with Gasteiger partial charge in [-0.3, -0.25) is 0 Å². The maximum Gasteiger partial charge on any atom is 0.519 e. The third kappa shape index (κ3) is 2.91. The quantitative estimate of drug-likeness (QED) is 0.834. The van der Waals surface area contributed by atoms with Crippen molar-refractivity contribution >= 4 is 46.8 Å². The highest BCUT2D eigenvalue weighted by Crippen LogP contribution is 2.40. The summed E-state index contributed by atoms with van der Waals surface area (Å²) in [6.45, 7) is 0.0618. The van der Waals surface area contributed by atoms with E-state index in [1.54, 1.807) is 18.2 Å². The molecule has 0 aliphatic heterocycles. The Balaban J connectivity index is 2.62. The molecular formula is C13H11Cl2N4O2S+. The van der Waals surface area contributed by atoms with Crippen molar-refractivity contribution < 1.29 is 9.90 Å². The number of hydrogen-bond acceptors (Lipinski definition) is 5. The van der Waals surface area contributed by atoms with Crippen LogP contribution in [0.15, 0.2) is 18.2 Å². The van der Waals surface area contributed by atoms with Crippen LogP contribution < -0.4 is 4.48 Å². The van der Waals surface area contributed by atoms with Gasteiger partial charge in [0, 0.05) is 5.56 Å². The maximum atomic E-state index is 11.7. The molecule has 6 nitrogen and oxygen atoms in total. The van der Waals surface area contributed by atoms with Gasteiger partial charge in [0.05, 0.1) is 41.3 Å². The fourth-order valence-corrected chi connectivity index (χ4v) is 3.17. The number of quaternary nitrogens is 1. The summed E-state index contributed by atoms with van der Waals surface area (Å²) in [5, 5.41) is 19.0. The van der Waals surface area contributed by atoms with Crippen LogP contribution in [0.25, 0.3) is 11.3 Å². The molecule has 9 heteroatoms. The van der Waals surface area contributed by atoms with Crippen LogP contribution in [0, 0.1) is 11.3 Å². The number of benzene rings is 1. The summed E-state index contributed by atoms with van der Waals surface area (Å²) < 4.78 is 7.71. The third-order valence-electron chi connectivity index (χ3n) is 3.23. The zero-order valence-corrected chi connectivity index (χ0v) is 13.8. The Labute approximate surface area is 141 Å². The van der Waals surface area contributed by atoms with Crippen LogP contribution in [-0.4, -0.2) is 33.5 Å². The van der Waals surface area contributed by atoms with Crippen LogP contribution in [0.4, 0.5) is 10.6 Å². The van der Waals surface area contributed by atoms with Crippen molar-refractivity contribution in [2.75, 3.05) is 13.6 Å². The number of nitrogens with zero attached hydrogens (tertiary/aromatic N) is 4. The smallest absolute Gasteiger partial charge is 0.435 e. The Morgan fingerprint density at radius 3 is 2.59 bits per heavy atom. The number of nitriles is 1. The van der Waals surface area contributed by atoms with E-state index in [1.807, 2.05) is 6.07 Å². The average Bonchev–Trinajstić information content (AvgIpc) is 2.94. The molecule has 1 unspecified atom stereocenters. The van der Waals surface area contributed by atoms with Gasteiger partial charge in [0.1, 0.15) is 6.54 Å². The van der Waals surface area contributed by atoms with Gasteiger partial charge in [-0.1, -0.05) is 29.3 Å². The third-order valence-corrected chi connectivity index (χ3v) is 4.38. The topological polar surface area (TPSA) is 86.9 Å². The molecule has 0 radical (unpaired) electrons. The highest BCUT2D eigenvalue weighted by molar-refractivity contribution is 6.99. The molecule has 22 heavy (non-hydrogen) atoms. The molecule has 1 N–H and O–H groups in total. The van der Waals surface area contributed by atoms with E-state index in [2.05, 4.69) is 8.75 Å². The first-order valence-electron chi connectivity index (χ1n) is 6.15.